The van der Waals surface area contributed by atoms with E-state index < -0.39 is 33.9 Å². The van der Waals surface area contributed by atoms with Crippen molar-refractivity contribution in [3.63, 3.8) is 0 Å². The number of rotatable bonds is 4. The van der Waals surface area contributed by atoms with Gasteiger partial charge in [0, 0.05) is 6.54 Å². The molecule has 0 unspecified atom stereocenters. The van der Waals surface area contributed by atoms with Gasteiger partial charge in [0.25, 0.3) is 0 Å². The Labute approximate surface area is 132 Å². The monoisotopic (exact) mass is 347 g/mol. The number of aliphatic carboxylic acids is 2. The Morgan fingerprint density at radius 3 is 2.36 bits per heavy atom. The number of benzene rings is 1. The molecule has 1 saturated heterocycles. The van der Waals surface area contributed by atoms with Crippen molar-refractivity contribution in [2.45, 2.75) is 23.8 Å². The minimum absolute atomic E-state index is 0.00741. The highest BCUT2D eigenvalue weighted by molar-refractivity contribution is 7.89. The van der Waals surface area contributed by atoms with Gasteiger partial charge in [-0.15, -0.1) is 0 Å². The van der Waals surface area contributed by atoms with Gasteiger partial charge in [-0.25, -0.2) is 8.42 Å². The van der Waals surface area contributed by atoms with Crippen LogP contribution in [0, 0.1) is 5.92 Å². The topological polar surface area (TPSA) is 112 Å². The van der Waals surface area contributed by atoms with E-state index >= 15 is 0 Å². The molecule has 9 heteroatoms. The number of nitrogens with zero attached hydrogens (tertiary/aromatic N) is 1. The first-order valence-electron chi connectivity index (χ1n) is 6.47. The number of halogens is 1. The van der Waals surface area contributed by atoms with Gasteiger partial charge in [-0.2, -0.15) is 4.31 Å². The highest BCUT2D eigenvalue weighted by Gasteiger charge is 2.43. The molecule has 1 aliphatic rings. The summed E-state index contributed by atoms with van der Waals surface area (Å²) in [7, 11) is -4.11. The van der Waals surface area contributed by atoms with E-state index in [9.17, 15) is 23.1 Å². The molecule has 1 aromatic carbocycles. The molecule has 1 heterocycles. The molecule has 1 fully saturated rings. The lowest BCUT2D eigenvalue weighted by molar-refractivity contribution is -0.148. The quantitative estimate of drug-likeness (QED) is 0.848. The second-order valence-corrected chi connectivity index (χ2v) is 7.23. The fourth-order valence-electron chi connectivity index (χ4n) is 2.46. The lowest BCUT2D eigenvalue weighted by atomic mass is 9.93. The van der Waals surface area contributed by atoms with Crippen molar-refractivity contribution in [2.24, 2.45) is 5.92 Å². The Hall–Kier alpha value is -1.64. The first-order chi connectivity index (χ1) is 10.2. The zero-order valence-corrected chi connectivity index (χ0v) is 12.9. The molecule has 0 radical (unpaired) electrons. The Balaban J connectivity index is 2.40. The van der Waals surface area contributed by atoms with Crippen LogP contribution in [0.15, 0.2) is 29.2 Å². The van der Waals surface area contributed by atoms with Gasteiger partial charge in [0.2, 0.25) is 10.0 Å². The molecular weight excluding hydrogens is 334 g/mol. The van der Waals surface area contributed by atoms with E-state index in [4.69, 9.17) is 16.7 Å². The van der Waals surface area contributed by atoms with Crippen LogP contribution in [0.3, 0.4) is 0 Å². The highest BCUT2D eigenvalue weighted by atomic mass is 35.5. The molecule has 7 nitrogen and oxygen atoms in total. The normalized spacial score (nSPS) is 23.1. The fourth-order valence-corrected chi connectivity index (χ4v) is 4.56. The van der Waals surface area contributed by atoms with E-state index in [0.29, 0.717) is 0 Å². The van der Waals surface area contributed by atoms with Crippen molar-refractivity contribution < 1.29 is 28.2 Å². The van der Waals surface area contributed by atoms with Crippen molar-refractivity contribution in [1.82, 2.24) is 4.31 Å². The predicted molar refractivity (Wildman–Crippen MR) is 77.1 cm³/mol. The van der Waals surface area contributed by atoms with Gasteiger partial charge in [-0.3, -0.25) is 9.59 Å². The summed E-state index contributed by atoms with van der Waals surface area (Å²) in [6.45, 7) is -0.179. The third-order valence-electron chi connectivity index (χ3n) is 3.61. The standard InChI is InChI=1S/C13H14ClNO6S/c14-9-3-1-2-4-11(9)22(20,21)15-6-5-8(12(16)17)7-10(15)13(18)19/h1-4,8,10H,5-7H2,(H,16,17)(H,18,19)/t8-,10-/m0/s1. The Morgan fingerprint density at radius 2 is 1.82 bits per heavy atom. The number of piperidine rings is 1. The molecular formula is C13H14ClNO6S. The number of carboxylic acids is 2. The molecule has 2 rings (SSSR count). The van der Waals surface area contributed by atoms with Crippen molar-refractivity contribution in [1.29, 1.82) is 0 Å². The predicted octanol–water partition coefficient (Wildman–Crippen LogP) is 1.28. The van der Waals surface area contributed by atoms with Crippen LogP contribution in [0.25, 0.3) is 0 Å². The van der Waals surface area contributed by atoms with Crippen LogP contribution in [0.4, 0.5) is 0 Å². The second kappa shape index (κ2) is 6.23. The number of sulfonamides is 1. The van der Waals surface area contributed by atoms with Gasteiger partial charge in [0.1, 0.15) is 10.9 Å². The van der Waals surface area contributed by atoms with Crippen LogP contribution in [-0.2, 0) is 19.6 Å². The third kappa shape index (κ3) is 3.08. The van der Waals surface area contributed by atoms with E-state index in [1.54, 1.807) is 6.07 Å². The number of hydrogen-bond donors (Lipinski definition) is 2. The van der Waals surface area contributed by atoms with Gasteiger partial charge in [-0.05, 0) is 25.0 Å². The summed E-state index contributed by atoms with van der Waals surface area (Å²) in [5.41, 5.74) is 0. The average molecular weight is 348 g/mol. The molecule has 0 aliphatic carbocycles. The molecule has 0 bridgehead atoms. The Kier molecular flexibility index (Phi) is 4.74. The molecule has 22 heavy (non-hydrogen) atoms. The zero-order chi connectivity index (χ0) is 16.5. The summed E-state index contributed by atoms with van der Waals surface area (Å²) < 4.78 is 26.1. The minimum atomic E-state index is -4.11. The average Bonchev–Trinajstić information content (AvgIpc) is 2.46. The molecule has 120 valence electrons. The summed E-state index contributed by atoms with van der Waals surface area (Å²) in [6.07, 6.45) is -0.211. The number of carboxylic acid groups (broad SMARTS) is 2. The maximum Gasteiger partial charge on any atom is 0.322 e. The van der Waals surface area contributed by atoms with E-state index in [0.717, 1.165) is 4.31 Å². The van der Waals surface area contributed by atoms with Crippen molar-refractivity contribution >= 4 is 33.6 Å². The van der Waals surface area contributed by atoms with Crippen LogP contribution in [0.1, 0.15) is 12.8 Å². The molecule has 1 aromatic rings. The Morgan fingerprint density at radius 1 is 1.18 bits per heavy atom. The molecule has 0 aromatic heterocycles. The fraction of sp³-hybridized carbons (Fsp3) is 0.385. The maximum atomic E-state index is 12.6. The van der Waals surface area contributed by atoms with Crippen molar-refractivity contribution in [2.75, 3.05) is 6.54 Å². The third-order valence-corrected chi connectivity index (χ3v) is 6.02. The highest BCUT2D eigenvalue weighted by Crippen LogP contribution is 2.31. The van der Waals surface area contributed by atoms with Crippen LogP contribution in [-0.4, -0.2) is 47.5 Å². The molecule has 2 N–H and O–H groups in total. The van der Waals surface area contributed by atoms with Crippen LogP contribution in [0.5, 0.6) is 0 Å². The SMILES string of the molecule is O=C(O)[C@H]1CCN(S(=O)(=O)c2ccccc2Cl)[C@H](C(=O)O)C1. The first-order valence-corrected chi connectivity index (χ1v) is 8.29. The van der Waals surface area contributed by atoms with E-state index in [1.165, 1.54) is 18.2 Å². The van der Waals surface area contributed by atoms with Gasteiger partial charge in [0.05, 0.1) is 10.9 Å². The zero-order valence-electron chi connectivity index (χ0n) is 11.3. The molecule has 2 atom stereocenters. The largest absolute Gasteiger partial charge is 0.481 e. The minimum Gasteiger partial charge on any atom is -0.481 e. The summed E-state index contributed by atoms with van der Waals surface area (Å²) in [6, 6.07) is 4.32. The van der Waals surface area contributed by atoms with Crippen LogP contribution >= 0.6 is 11.6 Å². The summed E-state index contributed by atoms with van der Waals surface area (Å²) >= 11 is 5.89. The van der Waals surface area contributed by atoms with Crippen molar-refractivity contribution in [3.05, 3.63) is 29.3 Å². The second-order valence-electron chi connectivity index (χ2n) is 4.96. The number of hydrogen-bond acceptors (Lipinski definition) is 4. The van der Waals surface area contributed by atoms with Gasteiger partial charge in [0.15, 0.2) is 0 Å². The number of carbonyl (C=O) groups is 2. The molecule has 0 saturated carbocycles. The van der Waals surface area contributed by atoms with Gasteiger partial charge < -0.3 is 10.2 Å². The summed E-state index contributed by atoms with van der Waals surface area (Å²) in [4.78, 5) is 22.2. The van der Waals surface area contributed by atoms with Crippen LogP contribution < -0.4 is 0 Å². The van der Waals surface area contributed by atoms with E-state index in [2.05, 4.69) is 0 Å². The van der Waals surface area contributed by atoms with Gasteiger partial charge in [-0.1, -0.05) is 23.7 Å². The Bertz CT molecular complexity index is 704. The first kappa shape index (κ1) is 16.7. The molecule has 1 aliphatic heterocycles. The van der Waals surface area contributed by atoms with E-state index in [-0.39, 0.29) is 29.3 Å². The molecule has 0 amide bonds. The van der Waals surface area contributed by atoms with Gasteiger partial charge >= 0.3 is 11.9 Å². The smallest absolute Gasteiger partial charge is 0.322 e. The lowest BCUT2D eigenvalue weighted by Crippen LogP contribution is -2.51. The summed E-state index contributed by atoms with van der Waals surface area (Å²) in [5, 5.41) is 18.3. The lowest BCUT2D eigenvalue weighted by Gasteiger charge is -2.34. The van der Waals surface area contributed by atoms with Crippen LogP contribution in [0.2, 0.25) is 5.02 Å². The van der Waals surface area contributed by atoms with E-state index in [1.807, 2.05) is 0 Å². The van der Waals surface area contributed by atoms with Crippen molar-refractivity contribution in [3.8, 4) is 0 Å². The maximum absolute atomic E-state index is 12.6. The summed E-state index contributed by atoms with van der Waals surface area (Å²) in [5.74, 6) is -3.37. The molecule has 0 spiro atoms.